The van der Waals surface area contributed by atoms with Crippen LogP contribution < -0.4 is 0 Å². The third kappa shape index (κ3) is 12.9. The standard InChI is InChI=1S/C20H38N2OS/c1-2-3-4-5-6-7-8-9-10-11-12-13-14-15-16-19(23)17-20-22-21-18-24-20/h18-19,23H,2-17H2,1H3. The Hall–Kier alpha value is -0.480. The molecule has 1 atom stereocenters. The van der Waals surface area contributed by atoms with Crippen LogP contribution in [0.1, 0.15) is 108 Å². The second-order valence-corrected chi connectivity index (χ2v) is 7.99. The third-order valence-electron chi connectivity index (χ3n) is 4.71. The predicted octanol–water partition coefficient (Wildman–Crippen LogP) is 6.31. The molecule has 0 amide bonds. The molecule has 0 aliphatic rings. The molecule has 140 valence electrons. The van der Waals surface area contributed by atoms with Gasteiger partial charge in [-0.3, -0.25) is 0 Å². The lowest BCUT2D eigenvalue weighted by Gasteiger charge is -2.08. The van der Waals surface area contributed by atoms with Gasteiger partial charge in [0.05, 0.1) is 6.10 Å². The average molecular weight is 355 g/mol. The number of hydrogen-bond acceptors (Lipinski definition) is 4. The van der Waals surface area contributed by atoms with Gasteiger partial charge in [0, 0.05) is 6.42 Å². The van der Waals surface area contributed by atoms with Gasteiger partial charge < -0.3 is 5.11 Å². The van der Waals surface area contributed by atoms with E-state index in [9.17, 15) is 5.11 Å². The Kier molecular flexibility index (Phi) is 14.4. The molecule has 1 heterocycles. The second kappa shape index (κ2) is 16.0. The summed E-state index contributed by atoms with van der Waals surface area (Å²) < 4.78 is 0. The van der Waals surface area contributed by atoms with Crippen molar-refractivity contribution in [1.82, 2.24) is 10.2 Å². The highest BCUT2D eigenvalue weighted by atomic mass is 32.1. The van der Waals surface area contributed by atoms with Crippen LogP contribution >= 0.6 is 11.3 Å². The summed E-state index contributed by atoms with van der Waals surface area (Å²) in [6.45, 7) is 2.28. The highest BCUT2D eigenvalue weighted by Gasteiger charge is 2.07. The zero-order valence-corrected chi connectivity index (χ0v) is 16.5. The summed E-state index contributed by atoms with van der Waals surface area (Å²) in [7, 11) is 0. The molecule has 0 saturated carbocycles. The summed E-state index contributed by atoms with van der Waals surface area (Å²) in [6.07, 6.45) is 20.6. The van der Waals surface area contributed by atoms with Crippen LogP contribution in [-0.4, -0.2) is 21.4 Å². The summed E-state index contributed by atoms with van der Waals surface area (Å²) in [5.74, 6) is 0. The molecule has 3 nitrogen and oxygen atoms in total. The number of rotatable bonds is 17. The fourth-order valence-corrected chi connectivity index (χ4v) is 3.76. The Morgan fingerprint density at radius 3 is 1.79 bits per heavy atom. The molecule has 0 spiro atoms. The van der Waals surface area contributed by atoms with E-state index < -0.39 is 0 Å². The molecule has 24 heavy (non-hydrogen) atoms. The molecular weight excluding hydrogens is 316 g/mol. The fraction of sp³-hybridized carbons (Fsp3) is 0.900. The summed E-state index contributed by atoms with van der Waals surface area (Å²) in [5.41, 5.74) is 1.73. The maximum atomic E-state index is 9.95. The zero-order valence-electron chi connectivity index (χ0n) is 15.7. The van der Waals surface area contributed by atoms with Gasteiger partial charge in [-0.15, -0.1) is 21.5 Å². The van der Waals surface area contributed by atoms with Crippen LogP contribution in [0.4, 0.5) is 0 Å². The van der Waals surface area contributed by atoms with Crippen LogP contribution in [-0.2, 0) is 6.42 Å². The van der Waals surface area contributed by atoms with E-state index in [4.69, 9.17) is 0 Å². The zero-order chi connectivity index (χ0) is 17.3. The second-order valence-electron chi connectivity index (χ2n) is 7.08. The molecule has 0 aliphatic carbocycles. The molecule has 4 heteroatoms. The molecular formula is C20H38N2OS. The highest BCUT2D eigenvalue weighted by molar-refractivity contribution is 7.09. The minimum atomic E-state index is -0.240. The lowest BCUT2D eigenvalue weighted by atomic mass is 10.0. The van der Waals surface area contributed by atoms with Gasteiger partial charge in [-0.05, 0) is 6.42 Å². The largest absolute Gasteiger partial charge is 0.393 e. The van der Waals surface area contributed by atoms with Crippen LogP contribution in [0, 0.1) is 0 Å². The van der Waals surface area contributed by atoms with Gasteiger partial charge >= 0.3 is 0 Å². The van der Waals surface area contributed by atoms with E-state index in [0.717, 1.165) is 17.8 Å². The number of aromatic nitrogens is 2. The minimum absolute atomic E-state index is 0.240. The van der Waals surface area contributed by atoms with Gasteiger partial charge in [0.2, 0.25) is 0 Å². The summed E-state index contributed by atoms with van der Waals surface area (Å²) in [5, 5.41) is 18.7. The van der Waals surface area contributed by atoms with E-state index in [1.165, 1.54) is 94.8 Å². The molecule has 1 rings (SSSR count). The first-order valence-corrected chi connectivity index (χ1v) is 11.1. The van der Waals surface area contributed by atoms with Crippen molar-refractivity contribution < 1.29 is 5.11 Å². The van der Waals surface area contributed by atoms with Gasteiger partial charge in [-0.1, -0.05) is 96.8 Å². The smallest absolute Gasteiger partial charge is 0.119 e. The van der Waals surface area contributed by atoms with Crippen molar-refractivity contribution >= 4 is 11.3 Å². The van der Waals surface area contributed by atoms with E-state index in [0.29, 0.717) is 6.42 Å². The highest BCUT2D eigenvalue weighted by Crippen LogP contribution is 2.15. The van der Waals surface area contributed by atoms with Crippen LogP contribution in [0.2, 0.25) is 0 Å². The van der Waals surface area contributed by atoms with Gasteiger partial charge in [-0.25, -0.2) is 0 Å². The van der Waals surface area contributed by atoms with Gasteiger partial charge in [0.1, 0.15) is 10.5 Å². The van der Waals surface area contributed by atoms with Crippen LogP contribution in [0.15, 0.2) is 5.51 Å². The normalized spacial score (nSPS) is 12.6. The van der Waals surface area contributed by atoms with Gasteiger partial charge in [0.25, 0.3) is 0 Å². The Bertz CT molecular complexity index is 357. The Balaban J connectivity index is 1.74. The molecule has 0 fully saturated rings. The quantitative estimate of drug-likeness (QED) is 0.333. The topological polar surface area (TPSA) is 46.0 Å². The molecule has 1 aromatic heterocycles. The van der Waals surface area contributed by atoms with E-state index >= 15 is 0 Å². The van der Waals surface area contributed by atoms with Crippen molar-refractivity contribution in [1.29, 1.82) is 0 Å². The Morgan fingerprint density at radius 2 is 1.33 bits per heavy atom. The maximum absolute atomic E-state index is 9.95. The van der Waals surface area contributed by atoms with Crippen LogP contribution in [0.3, 0.4) is 0 Å². The number of aliphatic hydroxyl groups is 1. The van der Waals surface area contributed by atoms with Crippen molar-refractivity contribution in [3.05, 3.63) is 10.5 Å². The molecule has 0 saturated heterocycles. The number of nitrogens with zero attached hydrogens (tertiary/aromatic N) is 2. The maximum Gasteiger partial charge on any atom is 0.119 e. The number of unbranched alkanes of at least 4 members (excludes halogenated alkanes) is 13. The molecule has 0 bridgehead atoms. The van der Waals surface area contributed by atoms with Crippen molar-refractivity contribution in [2.45, 2.75) is 116 Å². The first-order chi connectivity index (χ1) is 11.8. The molecule has 1 N–H and O–H groups in total. The van der Waals surface area contributed by atoms with E-state index in [-0.39, 0.29) is 6.10 Å². The molecule has 1 unspecified atom stereocenters. The predicted molar refractivity (Wildman–Crippen MR) is 105 cm³/mol. The lowest BCUT2D eigenvalue weighted by molar-refractivity contribution is 0.160. The van der Waals surface area contributed by atoms with Crippen LogP contribution in [0.5, 0.6) is 0 Å². The van der Waals surface area contributed by atoms with Crippen LogP contribution in [0.25, 0.3) is 0 Å². The minimum Gasteiger partial charge on any atom is -0.393 e. The van der Waals surface area contributed by atoms with Crippen molar-refractivity contribution in [3.8, 4) is 0 Å². The average Bonchev–Trinajstić information content (AvgIpc) is 3.08. The van der Waals surface area contributed by atoms with E-state index in [1.54, 1.807) is 5.51 Å². The monoisotopic (exact) mass is 354 g/mol. The molecule has 1 aromatic rings. The SMILES string of the molecule is CCCCCCCCCCCCCCCCC(O)Cc1nncs1. The Labute approximate surface area is 153 Å². The summed E-state index contributed by atoms with van der Waals surface area (Å²) >= 11 is 1.53. The number of aliphatic hydroxyl groups excluding tert-OH is 1. The van der Waals surface area contributed by atoms with Gasteiger partial charge in [0.15, 0.2) is 0 Å². The van der Waals surface area contributed by atoms with Crippen molar-refractivity contribution in [2.24, 2.45) is 0 Å². The molecule has 0 radical (unpaired) electrons. The van der Waals surface area contributed by atoms with E-state index in [2.05, 4.69) is 17.1 Å². The molecule has 0 aliphatic heterocycles. The summed E-state index contributed by atoms with van der Waals surface area (Å²) in [6, 6.07) is 0. The first kappa shape index (κ1) is 21.6. The van der Waals surface area contributed by atoms with E-state index in [1.807, 2.05) is 0 Å². The first-order valence-electron chi connectivity index (χ1n) is 10.3. The van der Waals surface area contributed by atoms with Gasteiger partial charge in [-0.2, -0.15) is 0 Å². The van der Waals surface area contributed by atoms with Crippen molar-refractivity contribution in [2.75, 3.05) is 0 Å². The summed E-state index contributed by atoms with van der Waals surface area (Å²) in [4.78, 5) is 0. The molecule has 0 aromatic carbocycles. The van der Waals surface area contributed by atoms with Crippen molar-refractivity contribution in [3.63, 3.8) is 0 Å². The fourth-order valence-electron chi connectivity index (χ4n) is 3.16. The lowest BCUT2D eigenvalue weighted by Crippen LogP contribution is -2.10. The third-order valence-corrected chi connectivity index (χ3v) is 5.43. The number of hydrogen-bond donors (Lipinski definition) is 1. The Morgan fingerprint density at radius 1 is 0.833 bits per heavy atom.